The number of sulfone groups is 1. The Hall–Kier alpha value is -2.85. The molecule has 1 heterocycles. The van der Waals surface area contributed by atoms with Gasteiger partial charge in [0.2, 0.25) is 0 Å². The lowest BCUT2D eigenvalue weighted by Gasteiger charge is -2.32. The number of carbonyl (C=O) groups is 1. The fourth-order valence-electron chi connectivity index (χ4n) is 3.53. The van der Waals surface area contributed by atoms with Crippen molar-refractivity contribution >= 4 is 43.0 Å². The molecule has 1 aliphatic rings. The number of nitrogens with one attached hydrogen (secondary N) is 1. The van der Waals surface area contributed by atoms with E-state index in [1.807, 2.05) is 0 Å². The lowest BCUT2D eigenvalue weighted by molar-refractivity contribution is 0.101. The lowest BCUT2D eigenvalue weighted by atomic mass is 10.1. The first-order chi connectivity index (χ1) is 15.2. The first kappa shape index (κ1) is 22.3. The van der Waals surface area contributed by atoms with Gasteiger partial charge in [0, 0.05) is 23.2 Å². The summed E-state index contributed by atoms with van der Waals surface area (Å²) in [6, 6.07) is 14.9. The molecular formula is C22H16BrF3N2O3S. The van der Waals surface area contributed by atoms with Crippen molar-refractivity contribution in [1.82, 2.24) is 0 Å². The molecule has 0 unspecified atom stereocenters. The number of rotatable bonds is 4. The van der Waals surface area contributed by atoms with Crippen LogP contribution in [0.5, 0.6) is 0 Å². The SMILES string of the molecule is O=C(Nc1ccc(Br)cc1)c1c(F)c(F)c2c(c1F)N(Cc1ccccc1)CCS2(=O)=O. The van der Waals surface area contributed by atoms with Gasteiger partial charge in [-0.3, -0.25) is 4.79 Å². The van der Waals surface area contributed by atoms with E-state index >= 15 is 4.39 Å². The second-order valence-corrected chi connectivity index (χ2v) is 10.1. The molecule has 32 heavy (non-hydrogen) atoms. The quantitative estimate of drug-likeness (QED) is 0.492. The van der Waals surface area contributed by atoms with Crippen LogP contribution in [-0.4, -0.2) is 26.6 Å². The maximum Gasteiger partial charge on any atom is 0.261 e. The average molecular weight is 525 g/mol. The van der Waals surface area contributed by atoms with Gasteiger partial charge in [-0.15, -0.1) is 0 Å². The van der Waals surface area contributed by atoms with Crippen LogP contribution >= 0.6 is 15.9 Å². The monoisotopic (exact) mass is 524 g/mol. The van der Waals surface area contributed by atoms with E-state index in [2.05, 4.69) is 21.2 Å². The van der Waals surface area contributed by atoms with Crippen LogP contribution < -0.4 is 10.2 Å². The highest BCUT2D eigenvalue weighted by atomic mass is 79.9. The molecule has 1 aliphatic heterocycles. The molecule has 3 aromatic carbocycles. The normalized spacial score (nSPS) is 14.7. The third-order valence-corrected chi connectivity index (χ3v) is 7.30. The number of nitrogens with zero attached hydrogens (tertiary/aromatic N) is 1. The summed E-state index contributed by atoms with van der Waals surface area (Å²) < 4.78 is 71.0. The van der Waals surface area contributed by atoms with Crippen molar-refractivity contribution < 1.29 is 26.4 Å². The Morgan fingerprint density at radius 1 is 0.969 bits per heavy atom. The summed E-state index contributed by atoms with van der Waals surface area (Å²) in [6.45, 7) is -0.0842. The molecule has 1 N–H and O–H groups in total. The molecule has 0 saturated carbocycles. The third-order valence-electron chi connectivity index (χ3n) is 5.06. The van der Waals surface area contributed by atoms with Crippen LogP contribution in [0.1, 0.15) is 15.9 Å². The highest BCUT2D eigenvalue weighted by Crippen LogP contribution is 2.39. The number of benzene rings is 3. The average Bonchev–Trinajstić information content (AvgIpc) is 2.75. The van der Waals surface area contributed by atoms with Gasteiger partial charge < -0.3 is 10.2 Å². The van der Waals surface area contributed by atoms with Gasteiger partial charge in [0.1, 0.15) is 10.5 Å². The maximum atomic E-state index is 15.5. The maximum absolute atomic E-state index is 15.5. The summed E-state index contributed by atoms with van der Waals surface area (Å²) in [5.74, 6) is -6.77. The summed E-state index contributed by atoms with van der Waals surface area (Å²) in [5.41, 5.74) is -0.883. The molecule has 10 heteroatoms. The molecule has 0 spiro atoms. The Morgan fingerprint density at radius 2 is 1.62 bits per heavy atom. The predicted molar refractivity (Wildman–Crippen MR) is 118 cm³/mol. The van der Waals surface area contributed by atoms with Crippen molar-refractivity contribution in [2.45, 2.75) is 11.4 Å². The Kier molecular flexibility index (Phi) is 6.00. The second kappa shape index (κ2) is 8.59. The van der Waals surface area contributed by atoms with E-state index in [-0.39, 0.29) is 18.8 Å². The van der Waals surface area contributed by atoms with Crippen molar-refractivity contribution in [3.8, 4) is 0 Å². The molecule has 5 nitrogen and oxygen atoms in total. The van der Waals surface area contributed by atoms with Gasteiger partial charge in [0.25, 0.3) is 5.91 Å². The minimum absolute atomic E-state index is 0.0547. The zero-order chi connectivity index (χ0) is 23.0. The van der Waals surface area contributed by atoms with Gasteiger partial charge in [-0.1, -0.05) is 46.3 Å². The molecular weight excluding hydrogens is 509 g/mol. The number of hydrogen-bond donors (Lipinski definition) is 1. The highest BCUT2D eigenvalue weighted by Gasteiger charge is 2.40. The van der Waals surface area contributed by atoms with Gasteiger partial charge in [-0.05, 0) is 29.8 Å². The second-order valence-electron chi connectivity index (χ2n) is 7.18. The minimum Gasteiger partial charge on any atom is -0.363 e. The van der Waals surface area contributed by atoms with Gasteiger partial charge >= 0.3 is 0 Å². The summed E-state index contributed by atoms with van der Waals surface area (Å²) in [5, 5.41) is 2.31. The largest absolute Gasteiger partial charge is 0.363 e. The number of carbonyl (C=O) groups excluding carboxylic acids is 1. The molecule has 1 amide bonds. The molecule has 0 aromatic heterocycles. The van der Waals surface area contributed by atoms with E-state index in [1.165, 1.54) is 17.0 Å². The molecule has 0 radical (unpaired) electrons. The van der Waals surface area contributed by atoms with Gasteiger partial charge in [-0.25, -0.2) is 21.6 Å². The van der Waals surface area contributed by atoms with Crippen LogP contribution in [0.3, 0.4) is 0 Å². The Labute approximate surface area is 190 Å². The van der Waals surface area contributed by atoms with Crippen LogP contribution in [0.2, 0.25) is 0 Å². The minimum atomic E-state index is -4.28. The summed E-state index contributed by atoms with van der Waals surface area (Å²) in [4.78, 5) is 12.9. The first-order valence-electron chi connectivity index (χ1n) is 9.48. The van der Waals surface area contributed by atoms with Crippen LogP contribution in [0.15, 0.2) is 64.0 Å². The van der Waals surface area contributed by atoms with Gasteiger partial charge in [0.05, 0.1) is 11.4 Å². The number of halogens is 4. The van der Waals surface area contributed by atoms with E-state index in [9.17, 15) is 22.0 Å². The predicted octanol–water partition coefficient (Wildman–Crippen LogP) is 4.91. The van der Waals surface area contributed by atoms with E-state index in [0.717, 1.165) is 4.47 Å². The smallest absolute Gasteiger partial charge is 0.261 e. The van der Waals surface area contributed by atoms with E-state index in [4.69, 9.17) is 0 Å². The number of anilines is 2. The van der Waals surface area contributed by atoms with E-state index in [0.29, 0.717) is 5.56 Å². The Bertz CT molecular complexity index is 1300. The standard InChI is InChI=1S/C22H16BrF3N2O3S/c23-14-6-8-15(9-7-14)27-22(29)16-17(24)19(26)21-20(18(16)25)28(10-11-32(21,30)31)12-13-4-2-1-3-5-13/h1-9H,10-12H2,(H,27,29). The molecule has 3 aromatic rings. The van der Waals surface area contributed by atoms with Crippen molar-refractivity contribution in [3.63, 3.8) is 0 Å². The molecule has 0 bridgehead atoms. The van der Waals surface area contributed by atoms with Crippen molar-refractivity contribution in [2.75, 3.05) is 22.5 Å². The molecule has 166 valence electrons. The molecule has 0 aliphatic carbocycles. The van der Waals surface area contributed by atoms with Crippen LogP contribution in [0, 0.1) is 17.5 Å². The topological polar surface area (TPSA) is 66.5 Å². The fraction of sp³-hybridized carbons (Fsp3) is 0.136. The zero-order valence-electron chi connectivity index (χ0n) is 16.4. The van der Waals surface area contributed by atoms with Crippen molar-refractivity contribution in [2.24, 2.45) is 0 Å². The summed E-state index contributed by atoms with van der Waals surface area (Å²) in [6.07, 6.45) is 0. The van der Waals surface area contributed by atoms with E-state index < -0.39 is 55.1 Å². The molecule has 4 rings (SSSR count). The molecule has 0 fully saturated rings. The summed E-state index contributed by atoms with van der Waals surface area (Å²) in [7, 11) is -4.28. The number of hydrogen-bond acceptors (Lipinski definition) is 4. The first-order valence-corrected chi connectivity index (χ1v) is 11.9. The zero-order valence-corrected chi connectivity index (χ0v) is 18.8. The van der Waals surface area contributed by atoms with Gasteiger partial charge in [0.15, 0.2) is 27.3 Å². The fourth-order valence-corrected chi connectivity index (χ4v) is 5.33. The lowest BCUT2D eigenvalue weighted by Crippen LogP contribution is -2.37. The van der Waals surface area contributed by atoms with Gasteiger partial charge in [-0.2, -0.15) is 0 Å². The van der Waals surface area contributed by atoms with Crippen LogP contribution in [-0.2, 0) is 16.4 Å². The number of amides is 1. The van der Waals surface area contributed by atoms with Crippen LogP contribution in [0.4, 0.5) is 24.5 Å². The molecule has 0 atom stereocenters. The Balaban J connectivity index is 1.83. The molecule has 0 saturated heterocycles. The Morgan fingerprint density at radius 3 is 2.28 bits per heavy atom. The summed E-state index contributed by atoms with van der Waals surface area (Å²) >= 11 is 3.23. The van der Waals surface area contributed by atoms with Crippen LogP contribution in [0.25, 0.3) is 0 Å². The third kappa shape index (κ3) is 4.12. The number of fused-ring (bicyclic) bond motifs is 1. The highest BCUT2D eigenvalue weighted by molar-refractivity contribution is 9.10. The van der Waals surface area contributed by atoms with Crippen molar-refractivity contribution in [1.29, 1.82) is 0 Å². The van der Waals surface area contributed by atoms with E-state index in [1.54, 1.807) is 42.5 Å². The van der Waals surface area contributed by atoms with Crippen molar-refractivity contribution in [3.05, 3.63) is 87.6 Å².